The molecule has 0 bridgehead atoms. The molecule has 5 nitrogen and oxygen atoms in total. The molecule has 0 aliphatic heterocycles. The Morgan fingerprint density at radius 1 is 1.16 bits per heavy atom. The molecular formula is C19H18FN3O2. The van der Waals surface area contributed by atoms with E-state index in [0.717, 1.165) is 11.3 Å². The quantitative estimate of drug-likeness (QED) is 0.710. The molecule has 0 saturated heterocycles. The molecule has 1 amide bonds. The third kappa shape index (κ3) is 3.74. The highest BCUT2D eigenvalue weighted by atomic mass is 19.1. The smallest absolute Gasteiger partial charge is 0.227 e. The van der Waals surface area contributed by atoms with E-state index in [1.54, 1.807) is 30.1 Å². The summed E-state index contributed by atoms with van der Waals surface area (Å²) in [6.45, 7) is 1.96. The molecule has 0 radical (unpaired) electrons. The molecule has 0 aliphatic rings. The highest BCUT2D eigenvalue weighted by Crippen LogP contribution is 2.21. The minimum Gasteiger partial charge on any atom is -0.339 e. The van der Waals surface area contributed by atoms with Gasteiger partial charge in [0.1, 0.15) is 5.82 Å². The average molecular weight is 339 g/mol. The van der Waals surface area contributed by atoms with Gasteiger partial charge in [0.25, 0.3) is 0 Å². The molecule has 3 aromatic rings. The number of benzene rings is 2. The first-order chi connectivity index (χ1) is 12.1. The number of anilines is 1. The molecule has 6 heteroatoms. The minimum atomic E-state index is -0.412. The average Bonchev–Trinajstić information content (AvgIpc) is 3.08. The van der Waals surface area contributed by atoms with Gasteiger partial charge in [0.15, 0.2) is 0 Å². The molecular weight excluding hydrogens is 321 g/mol. The topological polar surface area (TPSA) is 59.2 Å². The monoisotopic (exact) mass is 339 g/mol. The zero-order chi connectivity index (χ0) is 17.8. The lowest BCUT2D eigenvalue weighted by atomic mass is 10.1. The van der Waals surface area contributed by atoms with Crippen LogP contribution < -0.4 is 4.90 Å². The molecule has 0 spiro atoms. The number of rotatable bonds is 5. The highest BCUT2D eigenvalue weighted by molar-refractivity contribution is 5.93. The minimum absolute atomic E-state index is 0.0556. The van der Waals surface area contributed by atoms with Crippen molar-refractivity contribution < 1.29 is 13.7 Å². The number of amides is 1. The maximum absolute atomic E-state index is 13.7. The lowest BCUT2D eigenvalue weighted by Gasteiger charge is -2.19. The van der Waals surface area contributed by atoms with E-state index in [9.17, 15) is 9.18 Å². The van der Waals surface area contributed by atoms with Gasteiger partial charge in [0, 0.05) is 25.6 Å². The second-order valence-electron chi connectivity index (χ2n) is 5.73. The number of nitrogens with zero attached hydrogens (tertiary/aromatic N) is 3. The van der Waals surface area contributed by atoms with E-state index in [4.69, 9.17) is 4.52 Å². The lowest BCUT2D eigenvalue weighted by Crippen LogP contribution is -2.27. The van der Waals surface area contributed by atoms with E-state index in [-0.39, 0.29) is 23.7 Å². The summed E-state index contributed by atoms with van der Waals surface area (Å²) >= 11 is 0. The van der Waals surface area contributed by atoms with Crippen LogP contribution >= 0.6 is 0 Å². The molecule has 25 heavy (non-hydrogen) atoms. The third-order valence-corrected chi connectivity index (χ3v) is 3.99. The number of hydrogen-bond acceptors (Lipinski definition) is 4. The van der Waals surface area contributed by atoms with Crippen molar-refractivity contribution in [3.8, 4) is 11.4 Å². The van der Waals surface area contributed by atoms with Crippen LogP contribution in [0.3, 0.4) is 0 Å². The highest BCUT2D eigenvalue weighted by Gasteiger charge is 2.16. The fraction of sp³-hybridized carbons (Fsp3) is 0.211. The van der Waals surface area contributed by atoms with Crippen LogP contribution in [0.25, 0.3) is 11.4 Å². The Labute approximate surface area is 145 Å². The number of para-hydroxylation sites is 1. The summed E-state index contributed by atoms with van der Waals surface area (Å²) in [5.41, 5.74) is 2.17. The fourth-order valence-electron chi connectivity index (χ4n) is 2.56. The van der Waals surface area contributed by atoms with Gasteiger partial charge in [0.2, 0.25) is 17.6 Å². The molecule has 0 aliphatic carbocycles. The maximum Gasteiger partial charge on any atom is 0.227 e. The number of carbonyl (C=O) groups excluding carboxylic acids is 1. The number of hydrogen-bond donors (Lipinski definition) is 0. The number of aromatic nitrogens is 2. The molecule has 128 valence electrons. The molecule has 0 fully saturated rings. The van der Waals surface area contributed by atoms with E-state index in [1.807, 2.05) is 31.2 Å². The zero-order valence-electron chi connectivity index (χ0n) is 14.1. The summed E-state index contributed by atoms with van der Waals surface area (Å²) in [6.07, 6.45) is 0.528. The van der Waals surface area contributed by atoms with Crippen molar-refractivity contribution in [3.63, 3.8) is 0 Å². The van der Waals surface area contributed by atoms with Crippen molar-refractivity contribution in [3.05, 3.63) is 65.8 Å². The van der Waals surface area contributed by atoms with Crippen LogP contribution in [0.15, 0.2) is 53.1 Å². The summed E-state index contributed by atoms with van der Waals surface area (Å²) in [7, 11) is 1.74. The Morgan fingerprint density at radius 3 is 2.64 bits per heavy atom. The van der Waals surface area contributed by atoms with E-state index >= 15 is 0 Å². The molecule has 1 heterocycles. The van der Waals surface area contributed by atoms with Crippen molar-refractivity contribution in [1.29, 1.82) is 0 Å². The first-order valence-corrected chi connectivity index (χ1v) is 7.96. The number of halogens is 1. The van der Waals surface area contributed by atoms with Gasteiger partial charge < -0.3 is 9.42 Å². The van der Waals surface area contributed by atoms with Gasteiger partial charge in [-0.05, 0) is 30.7 Å². The standard InChI is InChI=1S/C19H18FN3O2/c1-13-7-3-6-10-16(13)23(2)18(24)12-11-17-21-19(22-25-17)14-8-4-5-9-15(14)20/h3-10H,11-12H2,1-2H3. The largest absolute Gasteiger partial charge is 0.339 e. The molecule has 1 aromatic heterocycles. The van der Waals surface area contributed by atoms with E-state index in [2.05, 4.69) is 10.1 Å². The van der Waals surface area contributed by atoms with Crippen LogP contribution in [-0.4, -0.2) is 23.1 Å². The summed E-state index contributed by atoms with van der Waals surface area (Å²) in [5, 5.41) is 3.79. The normalized spacial score (nSPS) is 10.7. The summed E-state index contributed by atoms with van der Waals surface area (Å²) < 4.78 is 18.9. The number of carbonyl (C=O) groups is 1. The van der Waals surface area contributed by atoms with Crippen molar-refractivity contribution >= 4 is 11.6 Å². The predicted octanol–water partition coefficient (Wildman–Crippen LogP) is 3.78. The first kappa shape index (κ1) is 16.8. The predicted molar refractivity (Wildman–Crippen MR) is 92.6 cm³/mol. The van der Waals surface area contributed by atoms with Crippen LogP contribution in [0, 0.1) is 12.7 Å². The second kappa shape index (κ2) is 7.25. The molecule has 0 N–H and O–H groups in total. The summed E-state index contributed by atoms with van der Waals surface area (Å²) in [4.78, 5) is 18.2. The molecule has 0 unspecified atom stereocenters. The van der Waals surface area contributed by atoms with Gasteiger partial charge in [-0.15, -0.1) is 0 Å². The van der Waals surface area contributed by atoms with Crippen LogP contribution in [0.5, 0.6) is 0 Å². The third-order valence-electron chi connectivity index (χ3n) is 3.99. The van der Waals surface area contributed by atoms with Gasteiger partial charge in [-0.3, -0.25) is 4.79 Å². The fourth-order valence-corrected chi connectivity index (χ4v) is 2.56. The number of aryl methyl sites for hydroxylation is 2. The van der Waals surface area contributed by atoms with E-state index in [1.165, 1.54) is 6.07 Å². The molecule has 2 aromatic carbocycles. The van der Waals surface area contributed by atoms with Gasteiger partial charge in [0.05, 0.1) is 5.56 Å². The van der Waals surface area contributed by atoms with Gasteiger partial charge in [-0.2, -0.15) is 4.98 Å². The summed E-state index contributed by atoms with van der Waals surface area (Å²) in [6, 6.07) is 13.9. The Kier molecular flexibility index (Phi) is 4.88. The Morgan fingerprint density at radius 2 is 1.88 bits per heavy atom. The van der Waals surface area contributed by atoms with Crippen molar-refractivity contribution in [1.82, 2.24) is 10.1 Å². The van der Waals surface area contributed by atoms with Gasteiger partial charge in [-0.25, -0.2) is 4.39 Å². The maximum atomic E-state index is 13.7. The van der Waals surface area contributed by atoms with Gasteiger partial charge >= 0.3 is 0 Å². The Balaban J connectivity index is 1.65. The summed E-state index contributed by atoms with van der Waals surface area (Å²) in [5.74, 6) is 0.0303. The van der Waals surface area contributed by atoms with Crippen LogP contribution in [0.4, 0.5) is 10.1 Å². The van der Waals surface area contributed by atoms with Crippen molar-refractivity contribution in [2.75, 3.05) is 11.9 Å². The van der Waals surface area contributed by atoms with E-state index < -0.39 is 5.82 Å². The van der Waals surface area contributed by atoms with Crippen molar-refractivity contribution in [2.24, 2.45) is 0 Å². The van der Waals surface area contributed by atoms with Crippen LogP contribution in [0.1, 0.15) is 17.9 Å². The molecule has 3 rings (SSSR count). The zero-order valence-corrected chi connectivity index (χ0v) is 14.1. The van der Waals surface area contributed by atoms with Crippen LogP contribution in [-0.2, 0) is 11.2 Å². The Hall–Kier alpha value is -3.02. The molecule has 0 atom stereocenters. The Bertz CT molecular complexity index is 892. The SMILES string of the molecule is Cc1ccccc1N(C)C(=O)CCc1nc(-c2ccccc2F)no1. The second-order valence-corrected chi connectivity index (χ2v) is 5.73. The molecule has 0 saturated carbocycles. The van der Waals surface area contributed by atoms with Crippen molar-refractivity contribution in [2.45, 2.75) is 19.8 Å². The van der Waals surface area contributed by atoms with Gasteiger partial charge in [-0.1, -0.05) is 35.5 Å². The lowest BCUT2D eigenvalue weighted by molar-refractivity contribution is -0.118. The van der Waals surface area contributed by atoms with Crippen LogP contribution in [0.2, 0.25) is 0 Å². The van der Waals surface area contributed by atoms with E-state index in [0.29, 0.717) is 12.3 Å². The first-order valence-electron chi connectivity index (χ1n) is 7.96.